The highest BCUT2D eigenvalue weighted by Crippen LogP contribution is 2.31. The first-order chi connectivity index (χ1) is 16.7. The number of nitrogen functional groups attached to an aromatic ring is 1. The van der Waals surface area contributed by atoms with Crippen molar-refractivity contribution in [2.45, 2.75) is 57.5 Å². The van der Waals surface area contributed by atoms with Crippen molar-refractivity contribution in [3.8, 4) is 16.9 Å². The molecule has 3 heterocycles. The SMILES string of the molecule is CC(c1ccc(-c2cnc(N)c(OCC3=CCCC=C3)c2)cc1)N1CCC(N2CCCC2)CC1. The van der Waals surface area contributed by atoms with Crippen molar-refractivity contribution < 1.29 is 4.74 Å². The van der Waals surface area contributed by atoms with E-state index in [0.717, 1.165) is 30.0 Å². The number of pyridine rings is 1. The molecule has 0 amide bonds. The monoisotopic (exact) mass is 458 g/mol. The molecule has 5 rings (SSSR count). The van der Waals surface area contributed by atoms with Crippen LogP contribution in [-0.2, 0) is 0 Å². The van der Waals surface area contributed by atoms with Crippen LogP contribution in [0, 0.1) is 0 Å². The lowest BCUT2D eigenvalue weighted by atomic mass is 9.98. The van der Waals surface area contributed by atoms with Crippen LogP contribution in [0.4, 0.5) is 5.82 Å². The highest BCUT2D eigenvalue weighted by molar-refractivity contribution is 5.67. The number of piperidine rings is 1. The van der Waals surface area contributed by atoms with Crippen LogP contribution >= 0.6 is 0 Å². The third-order valence-corrected chi connectivity index (χ3v) is 7.78. The molecule has 0 saturated carbocycles. The molecule has 1 atom stereocenters. The van der Waals surface area contributed by atoms with Gasteiger partial charge in [0.2, 0.25) is 0 Å². The van der Waals surface area contributed by atoms with Crippen LogP contribution in [0.2, 0.25) is 0 Å². The third kappa shape index (κ3) is 5.37. The molecule has 2 N–H and O–H groups in total. The zero-order chi connectivity index (χ0) is 23.3. The van der Waals surface area contributed by atoms with Crippen molar-refractivity contribution >= 4 is 5.82 Å². The molecule has 0 radical (unpaired) electrons. The molecular formula is C29H38N4O. The maximum absolute atomic E-state index is 6.10. The lowest BCUT2D eigenvalue weighted by molar-refractivity contribution is 0.102. The molecule has 1 unspecified atom stereocenters. The third-order valence-electron chi connectivity index (χ3n) is 7.78. The van der Waals surface area contributed by atoms with Crippen LogP contribution in [0.25, 0.3) is 11.1 Å². The van der Waals surface area contributed by atoms with Crippen molar-refractivity contribution in [2.24, 2.45) is 0 Å². The van der Waals surface area contributed by atoms with Crippen molar-refractivity contribution in [2.75, 3.05) is 38.5 Å². The van der Waals surface area contributed by atoms with Crippen LogP contribution in [0.3, 0.4) is 0 Å². The van der Waals surface area contributed by atoms with E-state index in [2.05, 4.69) is 64.2 Å². The van der Waals surface area contributed by atoms with Gasteiger partial charge in [0.25, 0.3) is 0 Å². The molecule has 0 spiro atoms. The zero-order valence-corrected chi connectivity index (χ0v) is 20.5. The van der Waals surface area contributed by atoms with Gasteiger partial charge in [-0.2, -0.15) is 0 Å². The van der Waals surface area contributed by atoms with Crippen molar-refractivity contribution in [3.63, 3.8) is 0 Å². The highest BCUT2D eigenvalue weighted by atomic mass is 16.5. The van der Waals surface area contributed by atoms with Gasteiger partial charge in [-0.25, -0.2) is 4.98 Å². The molecule has 180 valence electrons. The summed E-state index contributed by atoms with van der Waals surface area (Å²) in [5.74, 6) is 1.09. The Labute approximate surface area is 204 Å². The molecule has 3 aliphatic rings. The summed E-state index contributed by atoms with van der Waals surface area (Å²) in [4.78, 5) is 9.76. The molecule has 34 heavy (non-hydrogen) atoms. The van der Waals surface area contributed by atoms with E-state index in [1.54, 1.807) is 0 Å². The minimum absolute atomic E-state index is 0.437. The van der Waals surface area contributed by atoms with Gasteiger partial charge in [0, 0.05) is 36.9 Å². The van der Waals surface area contributed by atoms with E-state index in [9.17, 15) is 0 Å². The number of hydrogen-bond donors (Lipinski definition) is 1. The summed E-state index contributed by atoms with van der Waals surface area (Å²) < 4.78 is 6.01. The van der Waals surface area contributed by atoms with Crippen LogP contribution < -0.4 is 10.5 Å². The first-order valence-corrected chi connectivity index (χ1v) is 13.0. The average Bonchev–Trinajstić information content (AvgIpc) is 3.44. The number of nitrogens with zero attached hydrogens (tertiary/aromatic N) is 3. The predicted octanol–water partition coefficient (Wildman–Crippen LogP) is 5.61. The fourth-order valence-electron chi connectivity index (χ4n) is 5.57. The van der Waals surface area contributed by atoms with Gasteiger partial charge < -0.3 is 15.4 Å². The summed E-state index contributed by atoms with van der Waals surface area (Å²) in [6.45, 7) is 7.87. The second kappa shape index (κ2) is 10.7. The number of hydrogen-bond acceptors (Lipinski definition) is 5. The zero-order valence-electron chi connectivity index (χ0n) is 20.5. The van der Waals surface area contributed by atoms with Crippen LogP contribution in [0.1, 0.15) is 57.1 Å². The first kappa shape index (κ1) is 23.1. The second-order valence-electron chi connectivity index (χ2n) is 9.96. The Morgan fingerprint density at radius 3 is 2.50 bits per heavy atom. The molecule has 2 aliphatic heterocycles. The number of nitrogens with two attached hydrogens (primary N) is 1. The molecule has 1 aromatic heterocycles. The average molecular weight is 459 g/mol. The summed E-state index contributed by atoms with van der Waals surface area (Å²) in [6.07, 6.45) is 15.9. The lowest BCUT2D eigenvalue weighted by Gasteiger charge is -2.39. The Bertz CT molecular complexity index is 1010. The van der Waals surface area contributed by atoms with Gasteiger partial charge in [0.05, 0.1) is 0 Å². The fraction of sp³-hybridized carbons (Fsp3) is 0.483. The van der Waals surface area contributed by atoms with Gasteiger partial charge in [-0.1, -0.05) is 42.5 Å². The van der Waals surface area contributed by atoms with E-state index in [1.165, 1.54) is 63.0 Å². The smallest absolute Gasteiger partial charge is 0.166 e. The molecule has 0 bridgehead atoms. The largest absolute Gasteiger partial charge is 0.485 e. The standard InChI is InChI=1S/C29H38N4O/c1-22(32-17-13-27(14-18-32)33-15-5-6-16-33)24-9-11-25(12-10-24)26-19-28(29(30)31-20-26)34-21-23-7-3-2-4-8-23/h3,7-12,19-20,22,27H,2,4-6,13-18,21H2,1H3,(H2,30,31). The summed E-state index contributed by atoms with van der Waals surface area (Å²) in [6, 6.07) is 12.2. The van der Waals surface area contributed by atoms with Crippen molar-refractivity contribution in [1.82, 2.24) is 14.8 Å². The maximum atomic E-state index is 6.10. The van der Waals surface area contributed by atoms with Crippen LogP contribution in [-0.4, -0.2) is 53.6 Å². The summed E-state index contributed by atoms with van der Waals surface area (Å²) in [7, 11) is 0. The first-order valence-electron chi connectivity index (χ1n) is 13.0. The highest BCUT2D eigenvalue weighted by Gasteiger charge is 2.28. The van der Waals surface area contributed by atoms with E-state index in [4.69, 9.17) is 10.5 Å². The van der Waals surface area contributed by atoms with Gasteiger partial charge in [0.15, 0.2) is 11.6 Å². The van der Waals surface area contributed by atoms with Gasteiger partial charge in [-0.15, -0.1) is 0 Å². The minimum Gasteiger partial charge on any atom is -0.485 e. The van der Waals surface area contributed by atoms with Crippen LogP contribution in [0.5, 0.6) is 5.75 Å². The molecule has 5 nitrogen and oxygen atoms in total. The van der Waals surface area contributed by atoms with Gasteiger partial charge in [-0.05, 0) is 81.3 Å². The second-order valence-corrected chi connectivity index (χ2v) is 9.96. The Kier molecular flexibility index (Phi) is 7.31. The Hall–Kier alpha value is -2.63. The molecule has 1 aliphatic carbocycles. The van der Waals surface area contributed by atoms with Crippen LogP contribution in [0.15, 0.2) is 60.3 Å². The molecule has 2 aromatic rings. The van der Waals surface area contributed by atoms with E-state index < -0.39 is 0 Å². The number of ether oxygens (including phenoxy) is 1. The summed E-state index contributed by atoms with van der Waals surface area (Å²) in [5.41, 5.74) is 10.8. The predicted molar refractivity (Wildman–Crippen MR) is 140 cm³/mol. The number of allylic oxidation sites excluding steroid dienone is 2. The number of aromatic nitrogens is 1. The summed E-state index contributed by atoms with van der Waals surface area (Å²) >= 11 is 0. The quantitative estimate of drug-likeness (QED) is 0.585. The molecular weight excluding hydrogens is 420 g/mol. The Morgan fingerprint density at radius 1 is 1.03 bits per heavy atom. The molecule has 1 aromatic carbocycles. The van der Waals surface area contributed by atoms with E-state index in [-0.39, 0.29) is 0 Å². The Balaban J connectivity index is 1.20. The van der Waals surface area contributed by atoms with Gasteiger partial charge in [0.1, 0.15) is 6.61 Å². The Morgan fingerprint density at radius 2 is 1.79 bits per heavy atom. The molecule has 2 saturated heterocycles. The van der Waals surface area contributed by atoms with Gasteiger partial charge >= 0.3 is 0 Å². The number of rotatable bonds is 7. The van der Waals surface area contributed by atoms with E-state index >= 15 is 0 Å². The molecule has 5 heteroatoms. The normalized spacial score (nSPS) is 20.9. The van der Waals surface area contributed by atoms with Crippen molar-refractivity contribution in [1.29, 1.82) is 0 Å². The fourth-order valence-corrected chi connectivity index (χ4v) is 5.57. The minimum atomic E-state index is 0.437. The maximum Gasteiger partial charge on any atom is 0.166 e. The van der Waals surface area contributed by atoms with Gasteiger partial charge in [-0.3, -0.25) is 4.90 Å². The summed E-state index contributed by atoms with van der Waals surface area (Å²) in [5, 5.41) is 0. The number of anilines is 1. The lowest BCUT2D eigenvalue weighted by Crippen LogP contribution is -2.44. The molecule has 2 fully saturated rings. The number of likely N-dealkylation sites (tertiary alicyclic amines) is 2. The topological polar surface area (TPSA) is 54.6 Å². The number of benzene rings is 1. The van der Waals surface area contributed by atoms with E-state index in [0.29, 0.717) is 24.2 Å². The van der Waals surface area contributed by atoms with Crippen molar-refractivity contribution in [3.05, 3.63) is 65.9 Å². The van der Waals surface area contributed by atoms with E-state index in [1.807, 2.05) is 12.3 Å².